The Hall–Kier alpha value is -0.450. The highest BCUT2D eigenvalue weighted by molar-refractivity contribution is 6.30. The van der Waals surface area contributed by atoms with Crippen LogP contribution in [0.5, 0.6) is 0 Å². The summed E-state index contributed by atoms with van der Waals surface area (Å²) in [5.41, 5.74) is 2.77. The molecule has 7 heavy (non-hydrogen) atoms. The van der Waals surface area contributed by atoms with Gasteiger partial charge < -0.3 is 0 Å². The number of hydrogen-bond donors (Lipinski definition) is 0. The average molecular weight is 115 g/mol. The summed E-state index contributed by atoms with van der Waals surface area (Å²) in [6, 6.07) is 0. The van der Waals surface area contributed by atoms with Crippen molar-refractivity contribution >= 4 is 11.6 Å². The molecule has 0 saturated heterocycles. The smallest absolute Gasteiger partial charge is 0.0411 e. The zero-order valence-electron chi connectivity index (χ0n) is 4.24. The van der Waals surface area contributed by atoms with Gasteiger partial charge in [-0.15, -0.1) is 5.73 Å². The second-order valence-corrected chi connectivity index (χ2v) is 1.53. The average Bonchev–Trinajstić information content (AvgIpc) is 1.61. The first-order valence-corrected chi connectivity index (χ1v) is 2.36. The summed E-state index contributed by atoms with van der Waals surface area (Å²) in [4.78, 5) is 0. The van der Waals surface area contributed by atoms with E-state index in [-0.39, 0.29) is 0 Å². The predicted octanol–water partition coefficient (Wildman–Crippen LogP) is 2.47. The lowest BCUT2D eigenvalue weighted by Crippen LogP contribution is -1.47. The van der Waals surface area contributed by atoms with Crippen molar-refractivity contribution in [2.24, 2.45) is 0 Å². The standard InChI is InChI=1S/C6H7Cl/c1-3-4-5-6(2)7/h3,5H,2H2,1H3. The fourth-order valence-electron chi connectivity index (χ4n) is 0.174. The molecule has 1 heteroatoms. The SMILES string of the molecule is C=C(Cl)C=C=CC. The Balaban J connectivity index is 3.70. The first-order chi connectivity index (χ1) is 3.27. The van der Waals surface area contributed by atoms with Crippen LogP contribution < -0.4 is 0 Å². The minimum atomic E-state index is 0.512. The fraction of sp³-hybridized carbons (Fsp3) is 0.167. The van der Waals surface area contributed by atoms with Gasteiger partial charge in [0.15, 0.2) is 0 Å². The van der Waals surface area contributed by atoms with E-state index < -0.39 is 0 Å². The largest absolute Gasteiger partial charge is 0.124 e. The molecule has 0 aliphatic carbocycles. The molecule has 0 heterocycles. The molecule has 0 aromatic carbocycles. The van der Waals surface area contributed by atoms with Crippen molar-refractivity contribution in [3.63, 3.8) is 0 Å². The van der Waals surface area contributed by atoms with Gasteiger partial charge in [-0.3, -0.25) is 0 Å². The lowest BCUT2D eigenvalue weighted by atomic mass is 10.5. The van der Waals surface area contributed by atoms with E-state index in [1.54, 1.807) is 12.2 Å². The van der Waals surface area contributed by atoms with Gasteiger partial charge in [-0.05, 0) is 19.1 Å². The third kappa shape index (κ3) is 5.55. The summed E-state index contributed by atoms with van der Waals surface area (Å²) >= 11 is 5.32. The maximum atomic E-state index is 5.32. The molecule has 38 valence electrons. The Morgan fingerprint density at radius 2 is 2.43 bits per heavy atom. The first-order valence-electron chi connectivity index (χ1n) is 1.99. The van der Waals surface area contributed by atoms with Gasteiger partial charge in [0.05, 0.1) is 0 Å². The van der Waals surface area contributed by atoms with Gasteiger partial charge in [0.25, 0.3) is 0 Å². The second kappa shape index (κ2) is 3.73. The summed E-state index contributed by atoms with van der Waals surface area (Å²) < 4.78 is 0. The van der Waals surface area contributed by atoms with Crippen molar-refractivity contribution in [1.82, 2.24) is 0 Å². The third-order valence-electron chi connectivity index (χ3n) is 0.407. The van der Waals surface area contributed by atoms with Gasteiger partial charge in [0, 0.05) is 5.03 Å². The molecule has 0 N–H and O–H groups in total. The van der Waals surface area contributed by atoms with Crippen LogP contribution in [0.2, 0.25) is 0 Å². The molecule has 0 spiro atoms. The Kier molecular flexibility index (Phi) is 3.49. The Morgan fingerprint density at radius 3 is 2.57 bits per heavy atom. The van der Waals surface area contributed by atoms with Crippen LogP contribution >= 0.6 is 11.6 Å². The van der Waals surface area contributed by atoms with Crippen molar-refractivity contribution in [1.29, 1.82) is 0 Å². The van der Waals surface area contributed by atoms with E-state index in [0.717, 1.165) is 0 Å². The molecule has 0 aliphatic rings. The maximum absolute atomic E-state index is 5.32. The monoisotopic (exact) mass is 114 g/mol. The molecule has 0 nitrogen and oxygen atoms in total. The van der Waals surface area contributed by atoms with Gasteiger partial charge in [-0.1, -0.05) is 18.2 Å². The van der Waals surface area contributed by atoms with E-state index in [2.05, 4.69) is 12.3 Å². The van der Waals surface area contributed by atoms with Crippen molar-refractivity contribution < 1.29 is 0 Å². The van der Waals surface area contributed by atoms with E-state index in [9.17, 15) is 0 Å². The van der Waals surface area contributed by atoms with E-state index in [4.69, 9.17) is 11.6 Å². The lowest BCUT2D eigenvalue weighted by molar-refractivity contribution is 1.76. The summed E-state index contributed by atoms with van der Waals surface area (Å²) in [7, 11) is 0. The molecular formula is C6H7Cl. The molecule has 0 fully saturated rings. The molecular weight excluding hydrogens is 108 g/mol. The molecule has 0 atom stereocenters. The molecule has 0 aromatic rings. The van der Waals surface area contributed by atoms with Gasteiger partial charge in [0.1, 0.15) is 0 Å². The summed E-state index contributed by atoms with van der Waals surface area (Å²) in [5, 5.41) is 0.512. The topological polar surface area (TPSA) is 0 Å². The molecule has 0 unspecified atom stereocenters. The van der Waals surface area contributed by atoms with Crippen LogP contribution in [0.1, 0.15) is 6.92 Å². The predicted molar refractivity (Wildman–Crippen MR) is 33.3 cm³/mol. The Morgan fingerprint density at radius 1 is 1.86 bits per heavy atom. The van der Waals surface area contributed by atoms with Crippen LogP contribution in [0.3, 0.4) is 0 Å². The van der Waals surface area contributed by atoms with E-state index >= 15 is 0 Å². The maximum Gasteiger partial charge on any atom is 0.0411 e. The highest BCUT2D eigenvalue weighted by Gasteiger charge is 1.67. The summed E-state index contributed by atoms with van der Waals surface area (Å²) in [5.74, 6) is 0. The highest BCUT2D eigenvalue weighted by atomic mass is 35.5. The quantitative estimate of drug-likeness (QED) is 0.363. The number of allylic oxidation sites excluding steroid dienone is 2. The van der Waals surface area contributed by atoms with Gasteiger partial charge in [0.2, 0.25) is 0 Å². The van der Waals surface area contributed by atoms with Crippen molar-refractivity contribution in [2.45, 2.75) is 6.92 Å². The first kappa shape index (κ1) is 6.55. The molecule has 0 aromatic heterocycles. The fourth-order valence-corrected chi connectivity index (χ4v) is 0.237. The Labute approximate surface area is 48.8 Å². The van der Waals surface area contributed by atoms with E-state index in [0.29, 0.717) is 5.03 Å². The van der Waals surface area contributed by atoms with Crippen molar-refractivity contribution in [3.05, 3.63) is 29.5 Å². The number of rotatable bonds is 1. The highest BCUT2D eigenvalue weighted by Crippen LogP contribution is 1.94. The molecule has 0 bridgehead atoms. The number of halogens is 1. The zero-order valence-corrected chi connectivity index (χ0v) is 5.00. The van der Waals surface area contributed by atoms with Gasteiger partial charge >= 0.3 is 0 Å². The van der Waals surface area contributed by atoms with Crippen LogP contribution in [-0.2, 0) is 0 Å². The van der Waals surface area contributed by atoms with Gasteiger partial charge in [-0.2, -0.15) is 0 Å². The molecule has 0 saturated carbocycles. The Bertz CT molecular complexity index is 116. The third-order valence-corrected chi connectivity index (χ3v) is 0.516. The van der Waals surface area contributed by atoms with Crippen molar-refractivity contribution in [2.75, 3.05) is 0 Å². The number of hydrogen-bond acceptors (Lipinski definition) is 0. The summed E-state index contributed by atoms with van der Waals surface area (Å²) in [6.45, 7) is 5.29. The molecule has 0 rings (SSSR count). The molecule has 0 aliphatic heterocycles. The lowest BCUT2D eigenvalue weighted by Gasteiger charge is -1.70. The van der Waals surface area contributed by atoms with E-state index in [1.165, 1.54) is 0 Å². The van der Waals surface area contributed by atoms with Crippen LogP contribution in [0.4, 0.5) is 0 Å². The van der Waals surface area contributed by atoms with Crippen LogP contribution in [0, 0.1) is 0 Å². The molecule has 0 radical (unpaired) electrons. The minimum absolute atomic E-state index is 0.512. The second-order valence-electron chi connectivity index (χ2n) is 1.05. The van der Waals surface area contributed by atoms with Crippen LogP contribution in [-0.4, -0.2) is 0 Å². The van der Waals surface area contributed by atoms with Crippen LogP contribution in [0.25, 0.3) is 0 Å². The van der Waals surface area contributed by atoms with Crippen molar-refractivity contribution in [3.8, 4) is 0 Å². The zero-order chi connectivity index (χ0) is 5.70. The van der Waals surface area contributed by atoms with E-state index in [1.807, 2.05) is 6.92 Å². The van der Waals surface area contributed by atoms with Gasteiger partial charge in [-0.25, -0.2) is 0 Å². The van der Waals surface area contributed by atoms with Crippen LogP contribution in [0.15, 0.2) is 29.5 Å². The summed E-state index contributed by atoms with van der Waals surface area (Å²) in [6.07, 6.45) is 3.38. The molecule has 0 amide bonds. The normalized spacial score (nSPS) is 6.57. The minimum Gasteiger partial charge on any atom is -0.124 e.